The quantitative estimate of drug-likeness (QED) is 0.661. The van der Waals surface area contributed by atoms with E-state index >= 15 is 0 Å². The molecule has 0 saturated heterocycles. The van der Waals surface area contributed by atoms with Crippen molar-refractivity contribution in [2.75, 3.05) is 5.73 Å². The molecule has 0 radical (unpaired) electrons. The summed E-state index contributed by atoms with van der Waals surface area (Å²) in [5.41, 5.74) is 5.52. The summed E-state index contributed by atoms with van der Waals surface area (Å²) in [5.74, 6) is 1.94. The molecule has 0 spiro atoms. The Morgan fingerprint density at radius 2 is 2.27 bits per heavy atom. The molecule has 0 aliphatic rings. The van der Waals surface area contributed by atoms with E-state index in [2.05, 4.69) is 9.97 Å². The average molecular weight is 242 g/mol. The molecule has 6 heteroatoms. The molecule has 2 heterocycles. The van der Waals surface area contributed by atoms with E-state index in [1.807, 2.05) is 6.07 Å². The summed E-state index contributed by atoms with van der Waals surface area (Å²) in [4.78, 5) is 7.87. The van der Waals surface area contributed by atoms with Crippen LogP contribution in [0, 0.1) is 0 Å². The highest BCUT2D eigenvalue weighted by molar-refractivity contribution is 7.98. The molecule has 0 fully saturated rings. The summed E-state index contributed by atoms with van der Waals surface area (Å²) in [5, 5.41) is 1.21. The van der Waals surface area contributed by atoms with Crippen LogP contribution in [-0.4, -0.2) is 9.97 Å². The standard InChI is InChI=1S/C9H8ClN3OS/c10-7-2-1-6(14-7)4-15-9-3-8(11)12-5-13-9/h1-3,5H,4H2,(H2,11,12,13). The lowest BCUT2D eigenvalue weighted by Gasteiger charge is -1.98. The Hall–Kier alpha value is -1.20. The van der Waals surface area contributed by atoms with Crippen molar-refractivity contribution < 1.29 is 4.42 Å². The van der Waals surface area contributed by atoms with Crippen LogP contribution in [0.25, 0.3) is 0 Å². The van der Waals surface area contributed by atoms with Crippen LogP contribution >= 0.6 is 23.4 Å². The van der Waals surface area contributed by atoms with Crippen LogP contribution in [0.2, 0.25) is 5.22 Å². The number of thioether (sulfide) groups is 1. The molecule has 0 bridgehead atoms. The van der Waals surface area contributed by atoms with Crippen molar-refractivity contribution in [2.45, 2.75) is 10.8 Å². The number of furan rings is 1. The number of halogens is 1. The maximum absolute atomic E-state index is 5.65. The number of rotatable bonds is 3. The van der Waals surface area contributed by atoms with Gasteiger partial charge in [-0.1, -0.05) is 11.8 Å². The van der Waals surface area contributed by atoms with Crippen LogP contribution in [0.1, 0.15) is 5.76 Å². The fourth-order valence-corrected chi connectivity index (χ4v) is 1.94. The van der Waals surface area contributed by atoms with Crippen molar-refractivity contribution in [1.82, 2.24) is 9.97 Å². The Balaban J connectivity index is 1.99. The number of nitrogens with zero attached hydrogens (tertiary/aromatic N) is 2. The summed E-state index contributed by atoms with van der Waals surface area (Å²) in [7, 11) is 0. The Kier molecular flexibility index (Phi) is 3.13. The summed E-state index contributed by atoms with van der Waals surface area (Å²) < 4.78 is 5.21. The molecule has 2 rings (SSSR count). The van der Waals surface area contributed by atoms with Crippen LogP contribution in [0.15, 0.2) is 34.0 Å². The number of hydrogen-bond donors (Lipinski definition) is 1. The fraction of sp³-hybridized carbons (Fsp3) is 0.111. The van der Waals surface area contributed by atoms with E-state index in [-0.39, 0.29) is 0 Å². The second kappa shape index (κ2) is 4.55. The van der Waals surface area contributed by atoms with Gasteiger partial charge >= 0.3 is 0 Å². The highest BCUT2D eigenvalue weighted by atomic mass is 35.5. The minimum atomic E-state index is 0.396. The second-order valence-electron chi connectivity index (χ2n) is 2.78. The zero-order chi connectivity index (χ0) is 10.7. The monoisotopic (exact) mass is 241 g/mol. The smallest absolute Gasteiger partial charge is 0.193 e. The summed E-state index contributed by atoms with van der Waals surface area (Å²) in [6.07, 6.45) is 1.44. The van der Waals surface area contributed by atoms with Gasteiger partial charge in [0.1, 0.15) is 22.9 Å². The van der Waals surface area contributed by atoms with E-state index in [4.69, 9.17) is 21.8 Å². The van der Waals surface area contributed by atoms with E-state index in [1.54, 1.807) is 12.1 Å². The van der Waals surface area contributed by atoms with E-state index in [0.29, 0.717) is 16.8 Å². The molecular weight excluding hydrogens is 234 g/mol. The zero-order valence-electron chi connectivity index (χ0n) is 7.68. The summed E-state index contributed by atoms with van der Waals surface area (Å²) in [6, 6.07) is 5.26. The number of hydrogen-bond acceptors (Lipinski definition) is 5. The van der Waals surface area contributed by atoms with Gasteiger partial charge in [0.15, 0.2) is 5.22 Å². The van der Waals surface area contributed by atoms with Gasteiger partial charge in [0.25, 0.3) is 0 Å². The molecule has 2 N–H and O–H groups in total. The molecule has 4 nitrogen and oxygen atoms in total. The predicted molar refractivity (Wildman–Crippen MR) is 59.7 cm³/mol. The van der Waals surface area contributed by atoms with E-state index in [9.17, 15) is 0 Å². The number of aromatic nitrogens is 2. The van der Waals surface area contributed by atoms with E-state index < -0.39 is 0 Å². The van der Waals surface area contributed by atoms with Gasteiger partial charge in [-0.25, -0.2) is 9.97 Å². The van der Waals surface area contributed by atoms with Crippen LogP contribution in [0.3, 0.4) is 0 Å². The van der Waals surface area contributed by atoms with Crippen molar-refractivity contribution in [1.29, 1.82) is 0 Å². The first kappa shape index (κ1) is 10.3. The highest BCUT2D eigenvalue weighted by Gasteiger charge is 2.02. The third kappa shape index (κ3) is 2.87. The largest absolute Gasteiger partial charge is 0.449 e. The lowest BCUT2D eigenvalue weighted by Crippen LogP contribution is -1.91. The molecule has 0 aliphatic carbocycles. The summed E-state index contributed by atoms with van der Waals surface area (Å²) in [6.45, 7) is 0. The van der Waals surface area contributed by atoms with Crippen LogP contribution in [0.4, 0.5) is 5.82 Å². The van der Waals surface area contributed by atoms with Gasteiger partial charge in [0.2, 0.25) is 0 Å². The van der Waals surface area contributed by atoms with Crippen molar-refractivity contribution in [3.63, 3.8) is 0 Å². The lowest BCUT2D eigenvalue weighted by atomic mass is 10.5. The van der Waals surface area contributed by atoms with Crippen LogP contribution < -0.4 is 5.73 Å². The first-order chi connectivity index (χ1) is 7.24. The molecule has 0 unspecified atom stereocenters. The Morgan fingerprint density at radius 3 is 2.93 bits per heavy atom. The van der Waals surface area contributed by atoms with Gasteiger partial charge in [0.05, 0.1) is 5.75 Å². The normalized spacial score (nSPS) is 10.5. The molecule has 0 atom stereocenters. The number of nitrogens with two attached hydrogens (primary N) is 1. The molecule has 0 saturated carbocycles. The Morgan fingerprint density at radius 1 is 1.40 bits per heavy atom. The fourth-order valence-electron chi connectivity index (χ4n) is 1.01. The van der Waals surface area contributed by atoms with E-state index in [1.165, 1.54) is 18.1 Å². The Bertz CT molecular complexity index is 460. The minimum absolute atomic E-state index is 0.396. The third-order valence-corrected chi connectivity index (χ3v) is 2.81. The van der Waals surface area contributed by atoms with Crippen molar-refractivity contribution in [2.24, 2.45) is 0 Å². The molecule has 78 valence electrons. The van der Waals surface area contributed by atoms with Gasteiger partial charge < -0.3 is 10.2 Å². The summed E-state index contributed by atoms with van der Waals surface area (Å²) >= 11 is 7.16. The Labute approximate surface area is 95.9 Å². The SMILES string of the molecule is Nc1cc(SCc2ccc(Cl)o2)ncn1. The first-order valence-electron chi connectivity index (χ1n) is 4.18. The third-order valence-electron chi connectivity index (χ3n) is 1.65. The van der Waals surface area contributed by atoms with Gasteiger partial charge in [-0.2, -0.15) is 0 Å². The first-order valence-corrected chi connectivity index (χ1v) is 5.55. The lowest BCUT2D eigenvalue weighted by molar-refractivity contribution is 0.532. The molecule has 0 amide bonds. The molecule has 0 aromatic carbocycles. The zero-order valence-corrected chi connectivity index (χ0v) is 9.26. The van der Waals surface area contributed by atoms with Gasteiger partial charge in [-0.15, -0.1) is 0 Å². The topological polar surface area (TPSA) is 64.9 Å². The number of anilines is 1. The molecule has 15 heavy (non-hydrogen) atoms. The van der Waals surface area contributed by atoms with Crippen molar-refractivity contribution >= 4 is 29.2 Å². The number of nitrogen functional groups attached to an aromatic ring is 1. The van der Waals surface area contributed by atoms with E-state index in [0.717, 1.165) is 10.8 Å². The maximum Gasteiger partial charge on any atom is 0.193 e. The predicted octanol–water partition coefficient (Wildman–Crippen LogP) is 2.60. The van der Waals surface area contributed by atoms with Crippen LogP contribution in [0.5, 0.6) is 0 Å². The van der Waals surface area contributed by atoms with Gasteiger partial charge in [-0.3, -0.25) is 0 Å². The van der Waals surface area contributed by atoms with Gasteiger partial charge in [-0.05, 0) is 23.7 Å². The minimum Gasteiger partial charge on any atom is -0.449 e. The second-order valence-corrected chi connectivity index (χ2v) is 4.14. The average Bonchev–Trinajstić information content (AvgIpc) is 2.62. The molecular formula is C9H8ClN3OS. The molecule has 0 aliphatic heterocycles. The molecule has 2 aromatic heterocycles. The van der Waals surface area contributed by atoms with Crippen molar-refractivity contribution in [3.8, 4) is 0 Å². The van der Waals surface area contributed by atoms with Crippen LogP contribution in [-0.2, 0) is 5.75 Å². The molecule has 2 aromatic rings. The maximum atomic E-state index is 5.65. The van der Waals surface area contributed by atoms with Crippen molar-refractivity contribution in [3.05, 3.63) is 35.5 Å². The van der Waals surface area contributed by atoms with Gasteiger partial charge in [0, 0.05) is 6.07 Å². The highest BCUT2D eigenvalue weighted by Crippen LogP contribution is 2.23.